The molecule has 2 aromatic carbocycles. The molecule has 0 fully saturated rings. The second kappa shape index (κ2) is 3.95. The minimum Gasteiger partial charge on any atom is -0.305 e. The van der Waals surface area contributed by atoms with E-state index in [9.17, 15) is 4.79 Å². The van der Waals surface area contributed by atoms with E-state index < -0.39 is 0 Å². The summed E-state index contributed by atoms with van der Waals surface area (Å²) in [5.74, 6) is 0.166. The first-order chi connectivity index (χ1) is 9.34. The fourth-order valence-electron chi connectivity index (χ4n) is 3.36. The van der Waals surface area contributed by atoms with Gasteiger partial charge >= 0.3 is 0 Å². The van der Waals surface area contributed by atoms with Gasteiger partial charge < -0.3 is 4.90 Å². The molecule has 2 nitrogen and oxygen atoms in total. The van der Waals surface area contributed by atoms with E-state index in [2.05, 4.69) is 24.3 Å². The van der Waals surface area contributed by atoms with E-state index in [1.807, 2.05) is 29.2 Å². The number of hydrogen-bond acceptors (Lipinski definition) is 1. The van der Waals surface area contributed by atoms with Crippen molar-refractivity contribution in [1.82, 2.24) is 0 Å². The first-order valence-corrected chi connectivity index (χ1v) is 6.84. The molecule has 1 amide bonds. The van der Waals surface area contributed by atoms with Crippen LogP contribution in [-0.2, 0) is 12.8 Å². The molecule has 0 aromatic heterocycles. The molecule has 2 aliphatic rings. The van der Waals surface area contributed by atoms with Gasteiger partial charge in [-0.05, 0) is 42.5 Å². The van der Waals surface area contributed by atoms with Crippen molar-refractivity contribution in [3.63, 3.8) is 0 Å². The molecule has 0 aliphatic carbocycles. The predicted octanol–water partition coefficient (Wildman–Crippen LogP) is 3.20. The summed E-state index contributed by atoms with van der Waals surface area (Å²) in [4.78, 5) is 14.8. The fraction of sp³-hybridized carbons (Fsp3) is 0.235. The number of fused-ring (bicyclic) bond motifs is 4. The molecule has 4 rings (SSSR count). The van der Waals surface area contributed by atoms with Gasteiger partial charge in [0, 0.05) is 17.3 Å². The molecule has 0 N–H and O–H groups in total. The maximum absolute atomic E-state index is 12.7. The highest BCUT2D eigenvalue weighted by molar-refractivity contribution is 6.09. The van der Waals surface area contributed by atoms with Crippen molar-refractivity contribution in [2.75, 3.05) is 4.90 Å². The van der Waals surface area contributed by atoms with Crippen molar-refractivity contribution in [1.29, 1.82) is 0 Å². The first kappa shape index (κ1) is 10.8. The molecule has 2 heteroatoms. The predicted molar refractivity (Wildman–Crippen MR) is 75.5 cm³/mol. The van der Waals surface area contributed by atoms with E-state index in [0.29, 0.717) is 6.04 Å². The SMILES string of the molecule is O=C1c2ccccc2C[C@@H]2CCc3ccccc3N12. The quantitative estimate of drug-likeness (QED) is 0.702. The Labute approximate surface area is 112 Å². The summed E-state index contributed by atoms with van der Waals surface area (Å²) in [6.45, 7) is 0. The molecule has 0 unspecified atom stereocenters. The van der Waals surface area contributed by atoms with Crippen molar-refractivity contribution in [2.45, 2.75) is 25.3 Å². The van der Waals surface area contributed by atoms with E-state index >= 15 is 0 Å². The van der Waals surface area contributed by atoms with Crippen LogP contribution in [0.15, 0.2) is 48.5 Å². The Kier molecular flexibility index (Phi) is 2.25. The van der Waals surface area contributed by atoms with Crippen LogP contribution in [0.25, 0.3) is 0 Å². The molecule has 2 aromatic rings. The number of benzene rings is 2. The number of carbonyl (C=O) groups excluding carboxylic acids is 1. The van der Waals surface area contributed by atoms with Crippen LogP contribution < -0.4 is 4.90 Å². The van der Waals surface area contributed by atoms with Crippen molar-refractivity contribution < 1.29 is 4.79 Å². The van der Waals surface area contributed by atoms with Crippen molar-refractivity contribution in [2.24, 2.45) is 0 Å². The summed E-state index contributed by atoms with van der Waals surface area (Å²) >= 11 is 0. The summed E-state index contributed by atoms with van der Waals surface area (Å²) in [6.07, 6.45) is 3.13. The average Bonchev–Trinajstić information content (AvgIpc) is 2.47. The third-order valence-electron chi connectivity index (χ3n) is 4.29. The van der Waals surface area contributed by atoms with Gasteiger partial charge in [0.15, 0.2) is 0 Å². The zero-order valence-electron chi connectivity index (χ0n) is 10.7. The number of para-hydroxylation sites is 1. The van der Waals surface area contributed by atoms with Crippen molar-refractivity contribution in [3.05, 3.63) is 65.2 Å². The highest BCUT2D eigenvalue weighted by Crippen LogP contribution is 2.36. The smallest absolute Gasteiger partial charge is 0.258 e. The molecule has 0 bridgehead atoms. The van der Waals surface area contributed by atoms with Crippen LogP contribution in [0.2, 0.25) is 0 Å². The molecule has 0 saturated carbocycles. The Morgan fingerprint density at radius 3 is 2.58 bits per heavy atom. The van der Waals surface area contributed by atoms with Crippen LogP contribution in [0.1, 0.15) is 27.9 Å². The number of aryl methyl sites for hydroxylation is 1. The van der Waals surface area contributed by atoms with Crippen LogP contribution in [0.3, 0.4) is 0 Å². The fourth-order valence-corrected chi connectivity index (χ4v) is 3.36. The molecule has 0 saturated heterocycles. The minimum absolute atomic E-state index is 0.166. The Hall–Kier alpha value is -2.09. The van der Waals surface area contributed by atoms with Gasteiger partial charge in [0.2, 0.25) is 0 Å². The first-order valence-electron chi connectivity index (χ1n) is 6.84. The monoisotopic (exact) mass is 249 g/mol. The Morgan fingerprint density at radius 2 is 1.68 bits per heavy atom. The Balaban J connectivity index is 1.87. The Morgan fingerprint density at radius 1 is 0.947 bits per heavy atom. The summed E-state index contributed by atoms with van der Waals surface area (Å²) in [5.41, 5.74) is 4.48. The van der Waals surface area contributed by atoms with Gasteiger partial charge in [-0.15, -0.1) is 0 Å². The molecule has 94 valence electrons. The summed E-state index contributed by atoms with van der Waals surface area (Å²) in [5, 5.41) is 0. The lowest BCUT2D eigenvalue weighted by Crippen LogP contribution is -2.48. The van der Waals surface area contributed by atoms with E-state index in [1.54, 1.807) is 0 Å². The highest BCUT2D eigenvalue weighted by Gasteiger charge is 2.36. The second-order valence-corrected chi connectivity index (χ2v) is 5.36. The molecule has 2 aliphatic heterocycles. The number of carbonyl (C=O) groups is 1. The number of hydrogen-bond donors (Lipinski definition) is 0. The maximum Gasteiger partial charge on any atom is 0.258 e. The zero-order chi connectivity index (χ0) is 12.8. The molecule has 1 atom stereocenters. The summed E-state index contributed by atoms with van der Waals surface area (Å²) < 4.78 is 0. The van der Waals surface area contributed by atoms with E-state index in [-0.39, 0.29) is 5.91 Å². The molecule has 2 heterocycles. The number of amides is 1. The van der Waals surface area contributed by atoms with Crippen molar-refractivity contribution in [3.8, 4) is 0 Å². The maximum atomic E-state index is 12.7. The summed E-state index contributed by atoms with van der Waals surface area (Å²) in [7, 11) is 0. The van der Waals surface area contributed by atoms with Gasteiger partial charge in [-0.2, -0.15) is 0 Å². The van der Waals surface area contributed by atoms with Gasteiger partial charge in [-0.3, -0.25) is 4.79 Å². The third kappa shape index (κ3) is 1.53. The highest BCUT2D eigenvalue weighted by atomic mass is 16.2. The van der Waals surface area contributed by atoms with Crippen LogP contribution >= 0.6 is 0 Å². The van der Waals surface area contributed by atoms with E-state index in [4.69, 9.17) is 0 Å². The number of nitrogens with zero attached hydrogens (tertiary/aromatic N) is 1. The molecule has 0 radical (unpaired) electrons. The zero-order valence-corrected chi connectivity index (χ0v) is 10.7. The largest absolute Gasteiger partial charge is 0.305 e. The average molecular weight is 249 g/mol. The van der Waals surface area contributed by atoms with Crippen LogP contribution in [-0.4, -0.2) is 11.9 Å². The van der Waals surface area contributed by atoms with Crippen molar-refractivity contribution >= 4 is 11.6 Å². The van der Waals surface area contributed by atoms with Crippen LogP contribution in [0.5, 0.6) is 0 Å². The lowest BCUT2D eigenvalue weighted by atomic mass is 9.86. The van der Waals surface area contributed by atoms with Crippen LogP contribution in [0.4, 0.5) is 5.69 Å². The van der Waals surface area contributed by atoms with Gasteiger partial charge in [-0.25, -0.2) is 0 Å². The minimum atomic E-state index is 0.166. The molecule has 19 heavy (non-hydrogen) atoms. The molecular formula is C17H15NO. The lowest BCUT2D eigenvalue weighted by molar-refractivity contribution is 0.0963. The van der Waals surface area contributed by atoms with E-state index in [1.165, 1.54) is 11.1 Å². The second-order valence-electron chi connectivity index (χ2n) is 5.36. The van der Waals surface area contributed by atoms with Gasteiger partial charge in [0.05, 0.1) is 0 Å². The number of anilines is 1. The summed E-state index contributed by atoms with van der Waals surface area (Å²) in [6, 6.07) is 16.6. The third-order valence-corrected chi connectivity index (χ3v) is 4.29. The van der Waals surface area contributed by atoms with E-state index in [0.717, 1.165) is 30.5 Å². The van der Waals surface area contributed by atoms with Gasteiger partial charge in [0.1, 0.15) is 0 Å². The van der Waals surface area contributed by atoms with Crippen LogP contribution in [0, 0.1) is 0 Å². The molecular weight excluding hydrogens is 234 g/mol. The number of rotatable bonds is 0. The Bertz CT molecular complexity index is 662. The van der Waals surface area contributed by atoms with Gasteiger partial charge in [0.25, 0.3) is 5.91 Å². The van der Waals surface area contributed by atoms with Gasteiger partial charge in [-0.1, -0.05) is 36.4 Å². The standard InChI is InChI=1S/C17H15NO/c19-17-15-7-3-1-6-13(15)11-14-10-9-12-5-2-4-8-16(12)18(14)17/h1-8,14H,9-11H2/t14-/m0/s1. The topological polar surface area (TPSA) is 20.3 Å². The lowest BCUT2D eigenvalue weighted by Gasteiger charge is -2.41. The molecule has 0 spiro atoms. The normalized spacial score (nSPS) is 20.5.